The molecule has 0 amide bonds. The van der Waals surface area contributed by atoms with Gasteiger partial charge in [-0.3, -0.25) is 4.79 Å². The van der Waals surface area contributed by atoms with Crippen molar-refractivity contribution in [3.63, 3.8) is 0 Å². The molecule has 0 spiro atoms. The lowest BCUT2D eigenvalue weighted by atomic mass is 9.83. The number of allylic oxidation sites excluding steroid dienone is 5. The quantitative estimate of drug-likeness (QED) is 0.812. The Morgan fingerprint density at radius 3 is 2.16 bits per heavy atom. The SMILES string of the molecule is CC1=C(C)/C(=C(\c2ccccc2)c2ccc(O)c(C)c2C)C=CC1=O. The number of rotatable bonds is 2. The third-order valence-electron chi connectivity index (χ3n) is 5.10. The van der Waals surface area contributed by atoms with Crippen molar-refractivity contribution in [1.82, 2.24) is 0 Å². The summed E-state index contributed by atoms with van der Waals surface area (Å²) in [5.41, 5.74) is 8.00. The molecule has 3 rings (SSSR count). The molecule has 0 fully saturated rings. The topological polar surface area (TPSA) is 37.3 Å². The third kappa shape index (κ3) is 2.96. The van der Waals surface area contributed by atoms with Crippen LogP contribution in [0.2, 0.25) is 0 Å². The van der Waals surface area contributed by atoms with E-state index in [1.165, 1.54) is 0 Å². The Morgan fingerprint density at radius 2 is 1.48 bits per heavy atom. The fourth-order valence-corrected chi connectivity index (χ4v) is 3.20. The van der Waals surface area contributed by atoms with Crippen LogP contribution < -0.4 is 0 Å². The van der Waals surface area contributed by atoms with E-state index in [0.29, 0.717) is 5.75 Å². The van der Waals surface area contributed by atoms with Crippen molar-refractivity contribution in [3.8, 4) is 5.75 Å². The number of carbonyl (C=O) groups excluding carboxylic acids is 1. The van der Waals surface area contributed by atoms with Crippen LogP contribution in [0.25, 0.3) is 5.57 Å². The number of benzene rings is 2. The molecular formula is C23H22O2. The summed E-state index contributed by atoms with van der Waals surface area (Å²) in [7, 11) is 0. The van der Waals surface area contributed by atoms with E-state index in [9.17, 15) is 9.90 Å². The fourth-order valence-electron chi connectivity index (χ4n) is 3.20. The Morgan fingerprint density at radius 1 is 0.800 bits per heavy atom. The van der Waals surface area contributed by atoms with E-state index >= 15 is 0 Å². The fraction of sp³-hybridized carbons (Fsp3) is 0.174. The summed E-state index contributed by atoms with van der Waals surface area (Å²) >= 11 is 0. The second-order valence-electron chi connectivity index (χ2n) is 6.48. The molecule has 2 aromatic rings. The molecule has 0 atom stereocenters. The van der Waals surface area contributed by atoms with Gasteiger partial charge in [0.15, 0.2) is 5.78 Å². The van der Waals surface area contributed by atoms with Gasteiger partial charge in [-0.25, -0.2) is 0 Å². The summed E-state index contributed by atoms with van der Waals surface area (Å²) < 4.78 is 0. The largest absolute Gasteiger partial charge is 0.508 e. The first-order chi connectivity index (χ1) is 11.9. The lowest BCUT2D eigenvalue weighted by Crippen LogP contribution is -2.07. The highest BCUT2D eigenvalue weighted by atomic mass is 16.3. The van der Waals surface area contributed by atoms with Gasteiger partial charge in [-0.15, -0.1) is 0 Å². The van der Waals surface area contributed by atoms with E-state index in [0.717, 1.165) is 44.5 Å². The van der Waals surface area contributed by atoms with Gasteiger partial charge in [0.1, 0.15) is 5.75 Å². The molecule has 1 aliphatic rings. The molecule has 25 heavy (non-hydrogen) atoms. The van der Waals surface area contributed by atoms with Crippen molar-refractivity contribution in [1.29, 1.82) is 0 Å². The molecule has 0 unspecified atom stereocenters. The van der Waals surface area contributed by atoms with Crippen LogP contribution in [0.3, 0.4) is 0 Å². The molecule has 0 aromatic heterocycles. The van der Waals surface area contributed by atoms with Gasteiger partial charge in [0.2, 0.25) is 0 Å². The third-order valence-corrected chi connectivity index (χ3v) is 5.10. The smallest absolute Gasteiger partial charge is 0.181 e. The van der Waals surface area contributed by atoms with Crippen LogP contribution in [-0.2, 0) is 4.79 Å². The molecule has 1 N–H and O–H groups in total. The average molecular weight is 330 g/mol. The van der Waals surface area contributed by atoms with Crippen molar-refractivity contribution in [2.45, 2.75) is 27.7 Å². The zero-order valence-corrected chi connectivity index (χ0v) is 15.1. The first kappa shape index (κ1) is 17.0. The number of phenols is 1. The van der Waals surface area contributed by atoms with Crippen molar-refractivity contribution < 1.29 is 9.90 Å². The van der Waals surface area contributed by atoms with E-state index in [1.807, 2.05) is 58.0 Å². The molecule has 0 aliphatic heterocycles. The van der Waals surface area contributed by atoms with E-state index in [-0.39, 0.29) is 5.78 Å². The number of phenolic OH excluding ortho intramolecular Hbond substituents is 1. The van der Waals surface area contributed by atoms with Crippen LogP contribution in [0.1, 0.15) is 36.1 Å². The highest BCUT2D eigenvalue weighted by Gasteiger charge is 2.20. The van der Waals surface area contributed by atoms with Crippen molar-refractivity contribution in [2.75, 3.05) is 0 Å². The van der Waals surface area contributed by atoms with E-state index in [1.54, 1.807) is 12.1 Å². The normalized spacial score (nSPS) is 16.4. The van der Waals surface area contributed by atoms with Crippen LogP contribution in [0.15, 0.2) is 71.3 Å². The van der Waals surface area contributed by atoms with E-state index in [4.69, 9.17) is 0 Å². The molecule has 0 heterocycles. The molecule has 1 aliphatic carbocycles. The Hall–Kier alpha value is -2.87. The van der Waals surface area contributed by atoms with Crippen molar-refractivity contribution >= 4 is 11.4 Å². The van der Waals surface area contributed by atoms with Gasteiger partial charge in [0.25, 0.3) is 0 Å². The van der Waals surface area contributed by atoms with Crippen LogP contribution >= 0.6 is 0 Å². The van der Waals surface area contributed by atoms with Crippen LogP contribution in [0.4, 0.5) is 0 Å². The highest BCUT2D eigenvalue weighted by molar-refractivity contribution is 6.08. The molecule has 0 bridgehead atoms. The lowest BCUT2D eigenvalue weighted by Gasteiger charge is -2.21. The minimum Gasteiger partial charge on any atom is -0.508 e. The summed E-state index contributed by atoms with van der Waals surface area (Å²) in [5, 5.41) is 10.0. The van der Waals surface area contributed by atoms with Gasteiger partial charge >= 0.3 is 0 Å². The molecule has 0 radical (unpaired) electrons. The molecular weight excluding hydrogens is 308 g/mol. The van der Waals surface area contributed by atoms with Crippen molar-refractivity contribution in [2.24, 2.45) is 0 Å². The first-order valence-corrected chi connectivity index (χ1v) is 8.41. The lowest BCUT2D eigenvalue weighted by molar-refractivity contribution is -0.111. The first-order valence-electron chi connectivity index (χ1n) is 8.41. The van der Waals surface area contributed by atoms with Gasteiger partial charge in [-0.1, -0.05) is 42.5 Å². The number of aromatic hydroxyl groups is 1. The minimum absolute atomic E-state index is 0.0623. The Labute approximate surface area is 148 Å². The Bertz CT molecular complexity index is 942. The van der Waals surface area contributed by atoms with E-state index < -0.39 is 0 Å². The summed E-state index contributed by atoms with van der Waals surface area (Å²) in [5.74, 6) is 0.365. The zero-order chi connectivity index (χ0) is 18.1. The maximum absolute atomic E-state index is 12.0. The van der Waals surface area contributed by atoms with Gasteiger partial charge < -0.3 is 5.11 Å². The van der Waals surface area contributed by atoms with Crippen LogP contribution in [0.5, 0.6) is 5.75 Å². The molecule has 0 saturated carbocycles. The van der Waals surface area contributed by atoms with Gasteiger partial charge in [0.05, 0.1) is 0 Å². The highest BCUT2D eigenvalue weighted by Crippen LogP contribution is 2.37. The minimum atomic E-state index is 0.0623. The number of hydrogen-bond donors (Lipinski definition) is 1. The summed E-state index contributed by atoms with van der Waals surface area (Å²) in [6.45, 7) is 7.82. The number of carbonyl (C=O) groups is 1. The number of hydrogen-bond acceptors (Lipinski definition) is 2. The summed E-state index contributed by atoms with van der Waals surface area (Å²) in [6, 6.07) is 13.9. The van der Waals surface area contributed by atoms with E-state index in [2.05, 4.69) is 12.1 Å². The average Bonchev–Trinajstić information content (AvgIpc) is 2.62. The summed E-state index contributed by atoms with van der Waals surface area (Å²) in [4.78, 5) is 12.0. The molecule has 2 heteroatoms. The van der Waals surface area contributed by atoms with Gasteiger partial charge in [-0.05, 0) is 84.4 Å². The monoisotopic (exact) mass is 330 g/mol. The van der Waals surface area contributed by atoms with Crippen LogP contribution in [-0.4, -0.2) is 10.9 Å². The molecule has 0 saturated heterocycles. The predicted octanol–water partition coefficient (Wildman–Crippen LogP) is 5.29. The molecule has 2 nitrogen and oxygen atoms in total. The van der Waals surface area contributed by atoms with Crippen LogP contribution in [0, 0.1) is 13.8 Å². The molecule has 126 valence electrons. The summed E-state index contributed by atoms with van der Waals surface area (Å²) in [6.07, 6.45) is 3.55. The second kappa shape index (κ2) is 6.56. The van der Waals surface area contributed by atoms with Crippen molar-refractivity contribution in [3.05, 3.63) is 93.6 Å². The Kier molecular flexibility index (Phi) is 4.45. The number of ketones is 1. The standard InChI is InChI=1S/C23H22O2/c1-14-16(3)21(24)12-10-19(14)23(18-8-6-5-7-9-18)20-11-13-22(25)17(4)15(20)2/h5-13,24H,1-4H3/b23-20+. The maximum atomic E-state index is 12.0. The van der Waals surface area contributed by atoms with Gasteiger partial charge in [-0.2, -0.15) is 0 Å². The zero-order valence-electron chi connectivity index (χ0n) is 15.1. The Balaban J connectivity index is 2.38. The molecule has 2 aromatic carbocycles. The maximum Gasteiger partial charge on any atom is 0.181 e. The second-order valence-corrected chi connectivity index (χ2v) is 6.48. The van der Waals surface area contributed by atoms with Gasteiger partial charge in [0, 0.05) is 0 Å². The predicted molar refractivity (Wildman–Crippen MR) is 103 cm³/mol.